The molecule has 1 aromatic rings. The molecule has 1 atom stereocenters. The van der Waals surface area contributed by atoms with Crippen LogP contribution in [0.25, 0.3) is 0 Å². The van der Waals surface area contributed by atoms with E-state index in [0.29, 0.717) is 0 Å². The number of hydrogen-bond donors (Lipinski definition) is 0. The fourth-order valence-corrected chi connectivity index (χ4v) is 5.76. The van der Waals surface area contributed by atoms with Crippen LogP contribution in [0.15, 0.2) is 24.3 Å². The molecule has 146 valence electrons. The van der Waals surface area contributed by atoms with Gasteiger partial charge < -0.3 is 0 Å². The lowest BCUT2D eigenvalue weighted by Crippen LogP contribution is -2.34. The van der Waals surface area contributed by atoms with Crippen molar-refractivity contribution in [1.29, 1.82) is 0 Å². The second kappa shape index (κ2) is 9.95. The van der Waals surface area contributed by atoms with Gasteiger partial charge in [-0.25, -0.2) is 0 Å². The lowest BCUT2D eigenvalue weighted by atomic mass is 9.62. The van der Waals surface area contributed by atoms with E-state index in [-0.39, 0.29) is 0 Å². The van der Waals surface area contributed by atoms with Crippen molar-refractivity contribution in [2.24, 2.45) is 23.7 Å². The predicted molar refractivity (Wildman–Crippen MR) is 115 cm³/mol. The first kappa shape index (κ1) is 20.0. The van der Waals surface area contributed by atoms with Gasteiger partial charge >= 0.3 is 0 Å². The standard InChI is InChI=1S/C26H42/c1-4-6-7-9-21-10-12-24(13-11-21)25-16-14-23(15-17-25)20(3)26-18-22(19-26)8-5-2/h10-13,20,22-23,25-26H,4-9,14-19H2,1-3H3. The first-order valence-corrected chi connectivity index (χ1v) is 11.8. The van der Waals surface area contributed by atoms with Gasteiger partial charge in [0, 0.05) is 0 Å². The summed E-state index contributed by atoms with van der Waals surface area (Å²) in [5.74, 6) is 4.93. The average molecular weight is 355 g/mol. The molecule has 0 saturated heterocycles. The molecule has 0 N–H and O–H groups in total. The summed E-state index contributed by atoms with van der Waals surface area (Å²) in [6, 6.07) is 9.69. The van der Waals surface area contributed by atoms with Gasteiger partial charge in [0.2, 0.25) is 0 Å². The summed E-state index contributed by atoms with van der Waals surface area (Å²) in [6.45, 7) is 7.20. The van der Waals surface area contributed by atoms with Crippen molar-refractivity contribution in [3.8, 4) is 0 Å². The average Bonchev–Trinajstić information content (AvgIpc) is 2.65. The molecule has 0 heteroatoms. The molecule has 2 aliphatic carbocycles. The van der Waals surface area contributed by atoms with Gasteiger partial charge in [-0.2, -0.15) is 0 Å². The lowest BCUT2D eigenvalue weighted by Gasteiger charge is -2.44. The molecule has 2 aliphatic rings. The highest BCUT2D eigenvalue weighted by Crippen LogP contribution is 2.48. The molecule has 2 fully saturated rings. The van der Waals surface area contributed by atoms with Crippen LogP contribution in [0.3, 0.4) is 0 Å². The zero-order chi connectivity index (χ0) is 18.4. The fourth-order valence-electron chi connectivity index (χ4n) is 5.76. The molecule has 2 saturated carbocycles. The van der Waals surface area contributed by atoms with Crippen LogP contribution in [-0.4, -0.2) is 0 Å². The maximum absolute atomic E-state index is 2.57. The van der Waals surface area contributed by atoms with Crippen molar-refractivity contribution in [3.63, 3.8) is 0 Å². The Morgan fingerprint density at radius 1 is 0.846 bits per heavy atom. The molecular weight excluding hydrogens is 312 g/mol. The summed E-state index contributed by atoms with van der Waals surface area (Å²) in [4.78, 5) is 0. The molecular formula is C26H42. The van der Waals surface area contributed by atoms with Gasteiger partial charge in [-0.05, 0) is 92.1 Å². The Labute approximate surface area is 163 Å². The molecule has 0 aromatic heterocycles. The number of unbranched alkanes of at least 4 members (excludes halogenated alkanes) is 2. The minimum absolute atomic E-state index is 0.831. The minimum Gasteiger partial charge on any atom is -0.0654 e. The monoisotopic (exact) mass is 354 g/mol. The highest BCUT2D eigenvalue weighted by Gasteiger charge is 2.37. The van der Waals surface area contributed by atoms with Gasteiger partial charge in [-0.3, -0.25) is 0 Å². The van der Waals surface area contributed by atoms with E-state index in [9.17, 15) is 0 Å². The predicted octanol–water partition coefficient (Wildman–Crippen LogP) is 8.16. The van der Waals surface area contributed by atoms with Crippen molar-refractivity contribution < 1.29 is 0 Å². The number of hydrogen-bond acceptors (Lipinski definition) is 0. The molecule has 26 heavy (non-hydrogen) atoms. The van der Waals surface area contributed by atoms with E-state index >= 15 is 0 Å². The van der Waals surface area contributed by atoms with Gasteiger partial charge in [-0.1, -0.05) is 70.7 Å². The van der Waals surface area contributed by atoms with Crippen molar-refractivity contribution in [1.82, 2.24) is 0 Å². The van der Waals surface area contributed by atoms with Gasteiger partial charge in [0.15, 0.2) is 0 Å². The smallest absolute Gasteiger partial charge is 0.0162 e. The summed E-state index contributed by atoms with van der Waals surface area (Å²) in [6.07, 6.45) is 17.0. The lowest BCUT2D eigenvalue weighted by molar-refractivity contribution is 0.0727. The third kappa shape index (κ3) is 5.14. The van der Waals surface area contributed by atoms with Crippen LogP contribution in [0.5, 0.6) is 0 Å². The summed E-state index contributed by atoms with van der Waals surface area (Å²) in [5.41, 5.74) is 3.15. The van der Waals surface area contributed by atoms with E-state index in [2.05, 4.69) is 45.0 Å². The highest BCUT2D eigenvalue weighted by atomic mass is 14.4. The van der Waals surface area contributed by atoms with Crippen LogP contribution in [0.1, 0.15) is 108 Å². The maximum Gasteiger partial charge on any atom is -0.0162 e. The van der Waals surface area contributed by atoms with Crippen molar-refractivity contribution in [2.75, 3.05) is 0 Å². The van der Waals surface area contributed by atoms with Crippen LogP contribution in [-0.2, 0) is 6.42 Å². The Hall–Kier alpha value is -0.780. The zero-order valence-corrected chi connectivity index (χ0v) is 17.7. The van der Waals surface area contributed by atoms with Gasteiger partial charge in [-0.15, -0.1) is 0 Å². The molecule has 0 heterocycles. The third-order valence-electron chi connectivity index (χ3n) is 7.75. The fraction of sp³-hybridized carbons (Fsp3) is 0.769. The molecule has 0 amide bonds. The summed E-state index contributed by atoms with van der Waals surface area (Å²) >= 11 is 0. The van der Waals surface area contributed by atoms with E-state index in [1.165, 1.54) is 82.6 Å². The molecule has 3 rings (SSSR count). The Morgan fingerprint density at radius 2 is 1.54 bits per heavy atom. The molecule has 0 bridgehead atoms. The first-order chi connectivity index (χ1) is 12.7. The Bertz CT molecular complexity index is 499. The largest absolute Gasteiger partial charge is 0.0654 e. The molecule has 0 radical (unpaired) electrons. The van der Waals surface area contributed by atoms with E-state index in [0.717, 1.165) is 29.6 Å². The molecule has 0 nitrogen and oxygen atoms in total. The van der Waals surface area contributed by atoms with Gasteiger partial charge in [0.25, 0.3) is 0 Å². The van der Waals surface area contributed by atoms with Crippen molar-refractivity contribution in [3.05, 3.63) is 35.4 Å². The molecule has 1 aromatic carbocycles. The second-order valence-corrected chi connectivity index (χ2v) is 9.56. The summed E-state index contributed by atoms with van der Waals surface area (Å²) < 4.78 is 0. The van der Waals surface area contributed by atoms with Crippen molar-refractivity contribution >= 4 is 0 Å². The van der Waals surface area contributed by atoms with Crippen LogP contribution < -0.4 is 0 Å². The van der Waals surface area contributed by atoms with Crippen LogP contribution >= 0.6 is 0 Å². The Kier molecular flexibility index (Phi) is 7.64. The zero-order valence-electron chi connectivity index (χ0n) is 17.7. The van der Waals surface area contributed by atoms with E-state index in [4.69, 9.17) is 0 Å². The minimum atomic E-state index is 0.831. The normalized spacial score (nSPS) is 30.0. The quantitative estimate of drug-likeness (QED) is 0.392. The molecule has 1 unspecified atom stereocenters. The Balaban J connectivity index is 1.42. The van der Waals surface area contributed by atoms with E-state index in [1.54, 1.807) is 5.56 Å². The van der Waals surface area contributed by atoms with Crippen LogP contribution in [0, 0.1) is 23.7 Å². The number of benzene rings is 1. The first-order valence-electron chi connectivity index (χ1n) is 11.8. The topological polar surface area (TPSA) is 0 Å². The van der Waals surface area contributed by atoms with Gasteiger partial charge in [0.05, 0.1) is 0 Å². The second-order valence-electron chi connectivity index (χ2n) is 9.56. The highest BCUT2D eigenvalue weighted by molar-refractivity contribution is 5.26. The number of aryl methyl sites for hydroxylation is 1. The van der Waals surface area contributed by atoms with Crippen molar-refractivity contribution in [2.45, 2.75) is 104 Å². The Morgan fingerprint density at radius 3 is 2.15 bits per heavy atom. The SMILES string of the molecule is CCCCCc1ccc(C2CCC(C(C)C3CC(CCC)C3)CC2)cc1. The van der Waals surface area contributed by atoms with Crippen LogP contribution in [0.4, 0.5) is 0 Å². The van der Waals surface area contributed by atoms with E-state index < -0.39 is 0 Å². The van der Waals surface area contributed by atoms with Gasteiger partial charge in [0.1, 0.15) is 0 Å². The maximum atomic E-state index is 2.57. The number of rotatable bonds is 9. The summed E-state index contributed by atoms with van der Waals surface area (Å²) in [7, 11) is 0. The van der Waals surface area contributed by atoms with Crippen LogP contribution in [0.2, 0.25) is 0 Å². The van der Waals surface area contributed by atoms with E-state index in [1.807, 2.05) is 0 Å². The molecule has 0 spiro atoms. The summed E-state index contributed by atoms with van der Waals surface area (Å²) in [5, 5.41) is 0. The molecule has 0 aliphatic heterocycles. The third-order valence-corrected chi connectivity index (χ3v) is 7.75.